The number of ether oxygens (including phenoxy) is 1. The molecule has 2 heteroatoms. The Kier molecular flexibility index (Phi) is 5.50. The Morgan fingerprint density at radius 2 is 2.00 bits per heavy atom. The first kappa shape index (κ1) is 14.3. The molecule has 1 N–H and O–H groups in total. The van der Waals surface area contributed by atoms with Gasteiger partial charge < -0.3 is 10.1 Å². The van der Waals surface area contributed by atoms with Crippen LogP contribution in [0.3, 0.4) is 0 Å². The molecule has 0 bridgehead atoms. The summed E-state index contributed by atoms with van der Waals surface area (Å²) in [4.78, 5) is 0. The minimum atomic E-state index is 0.572. The lowest BCUT2D eigenvalue weighted by Crippen LogP contribution is -2.41. The molecule has 2 aliphatic rings. The maximum Gasteiger partial charge on any atom is 0.0580 e. The van der Waals surface area contributed by atoms with Gasteiger partial charge in [0.15, 0.2) is 0 Å². The Labute approximate surface area is 113 Å². The maximum atomic E-state index is 5.67. The van der Waals surface area contributed by atoms with E-state index in [1.807, 2.05) is 0 Å². The molecule has 18 heavy (non-hydrogen) atoms. The molecule has 0 aromatic heterocycles. The molecular formula is C16H31NO. The fourth-order valence-corrected chi connectivity index (χ4v) is 3.99. The molecule has 0 spiro atoms. The van der Waals surface area contributed by atoms with Crippen LogP contribution in [-0.2, 0) is 4.74 Å². The van der Waals surface area contributed by atoms with Gasteiger partial charge in [-0.1, -0.05) is 19.8 Å². The monoisotopic (exact) mass is 253 g/mol. The third-order valence-electron chi connectivity index (χ3n) is 5.10. The summed E-state index contributed by atoms with van der Waals surface area (Å²) >= 11 is 0. The second kappa shape index (κ2) is 6.91. The molecule has 2 fully saturated rings. The summed E-state index contributed by atoms with van der Waals surface area (Å²) in [6.07, 6.45) is 10.3. The molecule has 0 heterocycles. The third kappa shape index (κ3) is 3.71. The fourth-order valence-electron chi connectivity index (χ4n) is 3.99. The Morgan fingerprint density at radius 1 is 1.22 bits per heavy atom. The van der Waals surface area contributed by atoms with Crippen molar-refractivity contribution in [1.82, 2.24) is 5.32 Å². The third-order valence-corrected chi connectivity index (χ3v) is 5.10. The molecule has 0 aromatic carbocycles. The predicted octanol–water partition coefficient (Wildman–Crippen LogP) is 3.61. The van der Waals surface area contributed by atoms with Gasteiger partial charge in [-0.25, -0.2) is 0 Å². The molecule has 106 valence electrons. The maximum absolute atomic E-state index is 5.67. The summed E-state index contributed by atoms with van der Waals surface area (Å²) in [7, 11) is 2.16. The molecule has 0 aromatic rings. The zero-order valence-corrected chi connectivity index (χ0v) is 12.5. The van der Waals surface area contributed by atoms with Crippen LogP contribution in [0.2, 0.25) is 0 Å². The van der Waals surface area contributed by atoms with Crippen LogP contribution < -0.4 is 5.32 Å². The van der Waals surface area contributed by atoms with E-state index in [0.29, 0.717) is 6.10 Å². The van der Waals surface area contributed by atoms with Crippen molar-refractivity contribution in [3.63, 3.8) is 0 Å². The fraction of sp³-hybridized carbons (Fsp3) is 1.00. The van der Waals surface area contributed by atoms with Crippen LogP contribution in [0.25, 0.3) is 0 Å². The summed E-state index contributed by atoms with van der Waals surface area (Å²) in [5.74, 6) is 2.78. The lowest BCUT2D eigenvalue weighted by atomic mass is 9.72. The van der Waals surface area contributed by atoms with Gasteiger partial charge in [-0.3, -0.25) is 0 Å². The Hall–Kier alpha value is -0.0800. The molecule has 0 amide bonds. The highest BCUT2D eigenvalue weighted by Gasteiger charge is 2.34. The molecule has 2 rings (SSSR count). The summed E-state index contributed by atoms with van der Waals surface area (Å²) in [6.45, 7) is 5.41. The molecular weight excluding hydrogens is 222 g/mol. The smallest absolute Gasteiger partial charge is 0.0580 e. The van der Waals surface area contributed by atoms with Crippen molar-refractivity contribution in [2.75, 3.05) is 13.7 Å². The van der Waals surface area contributed by atoms with Gasteiger partial charge >= 0.3 is 0 Å². The first-order chi connectivity index (χ1) is 8.72. The minimum absolute atomic E-state index is 0.572. The highest BCUT2D eigenvalue weighted by molar-refractivity contribution is 4.88. The van der Waals surface area contributed by atoms with E-state index in [0.717, 1.165) is 30.4 Å². The van der Waals surface area contributed by atoms with E-state index in [2.05, 4.69) is 26.2 Å². The molecule has 3 atom stereocenters. The normalized spacial score (nSPS) is 38.2. The van der Waals surface area contributed by atoms with Crippen LogP contribution in [0, 0.1) is 17.8 Å². The van der Waals surface area contributed by atoms with Gasteiger partial charge in [-0.2, -0.15) is 0 Å². The van der Waals surface area contributed by atoms with Crippen molar-refractivity contribution < 1.29 is 4.74 Å². The van der Waals surface area contributed by atoms with E-state index in [4.69, 9.17) is 4.74 Å². The number of hydrogen-bond donors (Lipinski definition) is 1. The van der Waals surface area contributed by atoms with Gasteiger partial charge in [0, 0.05) is 12.6 Å². The van der Waals surface area contributed by atoms with E-state index >= 15 is 0 Å². The van der Waals surface area contributed by atoms with Gasteiger partial charge in [-0.15, -0.1) is 0 Å². The number of hydrogen-bond acceptors (Lipinski definition) is 2. The van der Waals surface area contributed by atoms with Gasteiger partial charge in [-0.05, 0) is 63.8 Å². The zero-order valence-electron chi connectivity index (χ0n) is 12.5. The van der Waals surface area contributed by atoms with E-state index in [-0.39, 0.29) is 0 Å². The van der Waals surface area contributed by atoms with Gasteiger partial charge in [0.25, 0.3) is 0 Å². The number of nitrogens with one attached hydrogen (secondary N) is 1. The first-order valence-corrected chi connectivity index (χ1v) is 8.01. The quantitative estimate of drug-likeness (QED) is 0.781. The first-order valence-electron chi connectivity index (χ1n) is 8.01. The van der Waals surface area contributed by atoms with Crippen LogP contribution in [0.4, 0.5) is 0 Å². The summed E-state index contributed by atoms with van der Waals surface area (Å²) < 4.78 is 5.67. The summed E-state index contributed by atoms with van der Waals surface area (Å²) in [5.41, 5.74) is 0. The van der Waals surface area contributed by atoms with Crippen LogP contribution in [-0.4, -0.2) is 25.8 Å². The molecule has 2 aliphatic carbocycles. The minimum Gasteiger partial charge on any atom is -0.378 e. The van der Waals surface area contributed by atoms with E-state index < -0.39 is 0 Å². The predicted molar refractivity (Wildman–Crippen MR) is 76.7 cm³/mol. The largest absolute Gasteiger partial charge is 0.378 e. The van der Waals surface area contributed by atoms with Crippen LogP contribution in [0.1, 0.15) is 58.8 Å². The van der Waals surface area contributed by atoms with Crippen LogP contribution in [0.15, 0.2) is 0 Å². The summed E-state index contributed by atoms with van der Waals surface area (Å²) in [5, 5.41) is 3.60. The van der Waals surface area contributed by atoms with Crippen molar-refractivity contribution in [1.29, 1.82) is 0 Å². The van der Waals surface area contributed by atoms with Crippen LogP contribution in [0.5, 0.6) is 0 Å². The van der Waals surface area contributed by atoms with E-state index in [9.17, 15) is 0 Å². The van der Waals surface area contributed by atoms with Crippen molar-refractivity contribution >= 4 is 0 Å². The molecule has 0 radical (unpaired) electrons. The molecule has 0 aliphatic heterocycles. The van der Waals surface area contributed by atoms with Crippen molar-refractivity contribution in [2.45, 2.75) is 70.9 Å². The van der Waals surface area contributed by atoms with Crippen LogP contribution >= 0.6 is 0 Å². The second-order valence-electron chi connectivity index (χ2n) is 6.58. The topological polar surface area (TPSA) is 21.3 Å². The molecule has 2 nitrogen and oxygen atoms in total. The zero-order chi connectivity index (χ0) is 13.0. The van der Waals surface area contributed by atoms with Crippen molar-refractivity contribution in [2.24, 2.45) is 17.8 Å². The van der Waals surface area contributed by atoms with Gasteiger partial charge in [0.1, 0.15) is 0 Å². The lowest BCUT2D eigenvalue weighted by molar-refractivity contribution is -0.0313. The highest BCUT2D eigenvalue weighted by atomic mass is 16.5. The van der Waals surface area contributed by atoms with Gasteiger partial charge in [0.2, 0.25) is 0 Å². The second-order valence-corrected chi connectivity index (χ2v) is 6.58. The molecule has 3 unspecified atom stereocenters. The number of rotatable bonds is 6. The van der Waals surface area contributed by atoms with E-state index in [1.165, 1.54) is 44.9 Å². The van der Waals surface area contributed by atoms with Crippen molar-refractivity contribution in [3.05, 3.63) is 0 Å². The standard InChI is InChI=1S/C16H31NO/c1-4-18-15-9-13(10-15)11-16(17-3)14-7-5-6-12(2)8-14/h12-17H,4-11H2,1-3H3. The molecule has 0 saturated heterocycles. The van der Waals surface area contributed by atoms with Crippen molar-refractivity contribution in [3.8, 4) is 0 Å². The average molecular weight is 253 g/mol. The Bertz CT molecular complexity index is 237. The van der Waals surface area contributed by atoms with Gasteiger partial charge in [0.05, 0.1) is 6.10 Å². The molecule has 2 saturated carbocycles. The summed E-state index contributed by atoms with van der Waals surface area (Å²) in [6, 6.07) is 0.750. The SMILES string of the molecule is CCOC1CC(CC(NC)C2CCCC(C)C2)C1. The van der Waals surface area contributed by atoms with E-state index in [1.54, 1.807) is 0 Å². The Balaban J connectivity index is 1.72. The Morgan fingerprint density at radius 3 is 2.61 bits per heavy atom. The highest BCUT2D eigenvalue weighted by Crippen LogP contribution is 2.38. The average Bonchev–Trinajstić information content (AvgIpc) is 2.32. The lowest BCUT2D eigenvalue weighted by Gasteiger charge is -2.40.